The summed E-state index contributed by atoms with van der Waals surface area (Å²) in [5.41, 5.74) is 1.26. The lowest BCUT2D eigenvalue weighted by molar-refractivity contribution is 0.0161. The maximum absolute atomic E-state index is 12.3. The molecule has 3 rings (SSSR count). The van der Waals surface area contributed by atoms with Crippen molar-refractivity contribution >= 4 is 17.1 Å². The molecule has 2 aromatic rings. The van der Waals surface area contributed by atoms with E-state index in [-0.39, 0.29) is 12.1 Å². The highest BCUT2D eigenvalue weighted by Gasteiger charge is 2.35. The van der Waals surface area contributed by atoms with Gasteiger partial charge < -0.3 is 4.74 Å². The van der Waals surface area contributed by atoms with Crippen LogP contribution in [0.4, 0.5) is 4.79 Å². The molecule has 0 unspecified atom stereocenters. The zero-order valence-electron chi connectivity index (χ0n) is 12.6. The van der Waals surface area contributed by atoms with Gasteiger partial charge in [-0.05, 0) is 45.7 Å². The zero-order chi connectivity index (χ0) is 15.0. The first kappa shape index (κ1) is 13.9. The first-order valence-corrected chi connectivity index (χ1v) is 7.22. The summed E-state index contributed by atoms with van der Waals surface area (Å²) >= 11 is 0. The summed E-state index contributed by atoms with van der Waals surface area (Å²) in [5, 5.41) is 8.26. The molecule has 0 aliphatic heterocycles. The predicted octanol–water partition coefficient (Wildman–Crippen LogP) is 2.79. The van der Waals surface area contributed by atoms with Crippen molar-refractivity contribution in [2.45, 2.75) is 51.9 Å². The van der Waals surface area contributed by atoms with E-state index in [2.05, 4.69) is 10.3 Å². The van der Waals surface area contributed by atoms with E-state index < -0.39 is 5.60 Å². The molecule has 1 aliphatic rings. The number of carbonyl (C=O) groups excluding carboxylic acids is 1. The lowest BCUT2D eigenvalue weighted by Crippen LogP contribution is -2.39. The second kappa shape index (κ2) is 5.02. The molecule has 1 aromatic carbocycles. The van der Waals surface area contributed by atoms with Crippen molar-refractivity contribution in [3.8, 4) is 0 Å². The minimum atomic E-state index is -0.491. The van der Waals surface area contributed by atoms with Gasteiger partial charge in [0, 0.05) is 6.04 Å². The van der Waals surface area contributed by atoms with Crippen LogP contribution in [0.2, 0.25) is 0 Å². The quantitative estimate of drug-likeness (QED) is 0.871. The molecule has 1 aromatic heterocycles. The molecule has 0 spiro atoms. The molecule has 0 bridgehead atoms. The molecule has 21 heavy (non-hydrogen) atoms. The van der Waals surface area contributed by atoms with Gasteiger partial charge in [0.1, 0.15) is 17.8 Å². The van der Waals surface area contributed by atoms with Gasteiger partial charge in [0.15, 0.2) is 0 Å². The van der Waals surface area contributed by atoms with E-state index in [1.165, 1.54) is 0 Å². The molecular weight excluding hydrogens is 268 g/mol. The second-order valence-corrected chi connectivity index (χ2v) is 6.40. The smallest absolute Gasteiger partial charge is 0.412 e. The van der Waals surface area contributed by atoms with Gasteiger partial charge in [-0.15, -0.1) is 5.10 Å². The standard InChI is InChI=1S/C15H20N4O2/c1-15(2,3)21-14(20)18(11-8-9-11)10-19-13-7-5-4-6-12(13)16-17-19/h4-7,11H,8-10H2,1-3H3. The molecular formula is C15H20N4O2. The van der Waals surface area contributed by atoms with E-state index in [0.717, 1.165) is 23.9 Å². The van der Waals surface area contributed by atoms with Crippen LogP contribution in [0, 0.1) is 0 Å². The SMILES string of the molecule is CC(C)(C)OC(=O)N(Cn1nnc2ccccc21)C1CC1. The second-order valence-electron chi connectivity index (χ2n) is 6.40. The summed E-state index contributed by atoms with van der Waals surface area (Å²) in [7, 11) is 0. The molecule has 1 aliphatic carbocycles. The van der Waals surface area contributed by atoms with Crippen LogP contribution in [0.25, 0.3) is 11.0 Å². The Bertz CT molecular complexity index is 655. The summed E-state index contributed by atoms with van der Waals surface area (Å²) < 4.78 is 7.24. The van der Waals surface area contributed by atoms with Crippen molar-refractivity contribution < 1.29 is 9.53 Å². The number of amides is 1. The van der Waals surface area contributed by atoms with Crippen LogP contribution < -0.4 is 0 Å². The Morgan fingerprint density at radius 3 is 2.76 bits per heavy atom. The van der Waals surface area contributed by atoms with Crippen molar-refractivity contribution in [2.75, 3.05) is 0 Å². The third kappa shape index (κ3) is 3.15. The van der Waals surface area contributed by atoms with Crippen LogP contribution in [0.3, 0.4) is 0 Å². The fraction of sp³-hybridized carbons (Fsp3) is 0.533. The highest BCUT2D eigenvalue weighted by molar-refractivity contribution is 5.74. The number of carbonyl (C=O) groups is 1. The molecule has 112 valence electrons. The van der Waals surface area contributed by atoms with E-state index in [4.69, 9.17) is 4.74 Å². The topological polar surface area (TPSA) is 60.2 Å². The number of para-hydroxylation sites is 1. The van der Waals surface area contributed by atoms with Crippen LogP contribution in [-0.2, 0) is 11.4 Å². The van der Waals surface area contributed by atoms with E-state index in [0.29, 0.717) is 6.67 Å². The predicted molar refractivity (Wildman–Crippen MR) is 78.6 cm³/mol. The summed E-state index contributed by atoms with van der Waals surface area (Å²) in [4.78, 5) is 14.1. The molecule has 0 saturated heterocycles. The Morgan fingerprint density at radius 1 is 1.38 bits per heavy atom. The molecule has 6 nitrogen and oxygen atoms in total. The van der Waals surface area contributed by atoms with Crippen molar-refractivity contribution in [3.63, 3.8) is 0 Å². The van der Waals surface area contributed by atoms with E-state index >= 15 is 0 Å². The van der Waals surface area contributed by atoms with Crippen molar-refractivity contribution in [1.29, 1.82) is 0 Å². The van der Waals surface area contributed by atoms with Gasteiger partial charge in [0.05, 0.1) is 5.52 Å². The van der Waals surface area contributed by atoms with E-state index in [1.807, 2.05) is 45.0 Å². The van der Waals surface area contributed by atoms with Crippen molar-refractivity contribution in [2.24, 2.45) is 0 Å². The number of hydrogen-bond donors (Lipinski definition) is 0. The van der Waals surface area contributed by atoms with Crippen LogP contribution >= 0.6 is 0 Å². The van der Waals surface area contributed by atoms with Gasteiger partial charge >= 0.3 is 6.09 Å². The highest BCUT2D eigenvalue weighted by Crippen LogP contribution is 2.29. The van der Waals surface area contributed by atoms with E-state index in [9.17, 15) is 4.79 Å². The molecule has 1 amide bonds. The molecule has 0 N–H and O–H groups in total. The monoisotopic (exact) mass is 288 g/mol. The number of fused-ring (bicyclic) bond motifs is 1. The third-order valence-corrected chi connectivity index (χ3v) is 3.32. The lowest BCUT2D eigenvalue weighted by Gasteiger charge is -2.27. The van der Waals surface area contributed by atoms with Gasteiger partial charge in [-0.1, -0.05) is 17.3 Å². The Hall–Kier alpha value is -2.11. The largest absolute Gasteiger partial charge is 0.444 e. The number of rotatable bonds is 3. The summed E-state index contributed by atoms with van der Waals surface area (Å²) in [6, 6.07) is 7.98. The number of nitrogens with zero attached hydrogens (tertiary/aromatic N) is 4. The van der Waals surface area contributed by atoms with Crippen molar-refractivity contribution in [3.05, 3.63) is 24.3 Å². The maximum Gasteiger partial charge on any atom is 0.412 e. The van der Waals surface area contributed by atoms with Gasteiger partial charge in [0.25, 0.3) is 0 Å². The molecule has 1 fully saturated rings. The number of hydrogen-bond acceptors (Lipinski definition) is 4. The van der Waals surface area contributed by atoms with Crippen molar-refractivity contribution in [1.82, 2.24) is 19.9 Å². The first-order chi connectivity index (χ1) is 9.94. The van der Waals surface area contributed by atoms with Gasteiger partial charge in [-0.2, -0.15) is 0 Å². The average molecular weight is 288 g/mol. The van der Waals surface area contributed by atoms with Gasteiger partial charge in [-0.25, -0.2) is 9.48 Å². The van der Waals surface area contributed by atoms with Gasteiger partial charge in [-0.3, -0.25) is 4.90 Å². The minimum Gasteiger partial charge on any atom is -0.444 e. The number of aromatic nitrogens is 3. The normalized spacial score (nSPS) is 15.2. The summed E-state index contributed by atoms with van der Waals surface area (Å²) in [6.07, 6.45) is 1.75. The Morgan fingerprint density at radius 2 is 2.10 bits per heavy atom. The van der Waals surface area contributed by atoms with Crippen LogP contribution in [0.5, 0.6) is 0 Å². The van der Waals surface area contributed by atoms with E-state index in [1.54, 1.807) is 9.58 Å². The molecule has 0 radical (unpaired) electrons. The first-order valence-electron chi connectivity index (χ1n) is 7.22. The fourth-order valence-electron chi connectivity index (χ4n) is 2.20. The number of ether oxygens (including phenoxy) is 1. The molecule has 1 saturated carbocycles. The zero-order valence-corrected chi connectivity index (χ0v) is 12.6. The Labute approximate surface area is 123 Å². The minimum absolute atomic E-state index is 0.253. The average Bonchev–Trinajstić information content (AvgIpc) is 3.15. The highest BCUT2D eigenvalue weighted by atomic mass is 16.6. The molecule has 6 heteroatoms. The van der Waals surface area contributed by atoms with Gasteiger partial charge in [0.2, 0.25) is 0 Å². The molecule has 1 heterocycles. The third-order valence-electron chi connectivity index (χ3n) is 3.32. The van der Waals surface area contributed by atoms with Crippen LogP contribution in [0.15, 0.2) is 24.3 Å². The maximum atomic E-state index is 12.3. The van der Waals surface area contributed by atoms with Crippen LogP contribution in [-0.4, -0.2) is 37.6 Å². The fourth-order valence-corrected chi connectivity index (χ4v) is 2.20. The van der Waals surface area contributed by atoms with Crippen LogP contribution in [0.1, 0.15) is 33.6 Å². The molecule has 0 atom stereocenters. The Kier molecular flexibility index (Phi) is 3.31. The number of benzene rings is 1. The summed E-state index contributed by atoms with van der Waals surface area (Å²) in [6.45, 7) is 6.00. The Balaban J connectivity index is 1.81. The lowest BCUT2D eigenvalue weighted by atomic mass is 10.2. The summed E-state index contributed by atoms with van der Waals surface area (Å²) in [5.74, 6) is 0.